The fourth-order valence-electron chi connectivity index (χ4n) is 7.08. The Morgan fingerprint density at radius 3 is 2.09 bits per heavy atom. The fourth-order valence-corrected chi connectivity index (χ4v) is 8.19. The Morgan fingerprint density at radius 2 is 1.22 bits per heavy atom. The molecule has 10 rings (SSSR count). The molecule has 45 heavy (non-hydrogen) atoms. The Kier molecular flexibility index (Phi) is 5.18. The van der Waals surface area contributed by atoms with Crippen molar-refractivity contribution in [2.45, 2.75) is 9.79 Å². The van der Waals surface area contributed by atoms with Gasteiger partial charge >= 0.3 is 0 Å². The SMILES string of the molecule is c1ccc(-c2nccc(-c3cccc(-n4c5ccccc5c5c6c7ccccc7n7c6c(cc54)Sc4ccccc4-7)c3)n2)cc1. The summed E-state index contributed by atoms with van der Waals surface area (Å²) in [7, 11) is 0. The number of benzene rings is 6. The van der Waals surface area contributed by atoms with Gasteiger partial charge in [-0.05, 0) is 48.5 Å². The second-order valence-corrected chi connectivity index (χ2v) is 12.5. The smallest absolute Gasteiger partial charge is 0.159 e. The number of aromatic nitrogens is 4. The van der Waals surface area contributed by atoms with E-state index in [0.29, 0.717) is 0 Å². The molecule has 0 fully saturated rings. The predicted octanol–water partition coefficient (Wildman–Crippen LogP) is 10.5. The van der Waals surface area contributed by atoms with Gasteiger partial charge in [-0.3, -0.25) is 0 Å². The molecule has 3 aromatic heterocycles. The van der Waals surface area contributed by atoms with Crippen LogP contribution in [0, 0.1) is 0 Å². The first-order valence-electron chi connectivity index (χ1n) is 15.1. The number of nitrogens with zero attached hydrogens (tertiary/aromatic N) is 4. The molecule has 0 aliphatic carbocycles. The maximum Gasteiger partial charge on any atom is 0.159 e. The monoisotopic (exact) mass is 592 g/mol. The van der Waals surface area contributed by atoms with E-state index in [-0.39, 0.29) is 0 Å². The second-order valence-electron chi connectivity index (χ2n) is 11.4. The molecular weight excluding hydrogens is 569 g/mol. The van der Waals surface area contributed by atoms with Crippen LogP contribution in [0.5, 0.6) is 0 Å². The van der Waals surface area contributed by atoms with Gasteiger partial charge in [-0.2, -0.15) is 0 Å². The van der Waals surface area contributed by atoms with Gasteiger partial charge in [0.2, 0.25) is 0 Å². The summed E-state index contributed by atoms with van der Waals surface area (Å²) in [6.45, 7) is 0. The zero-order valence-electron chi connectivity index (χ0n) is 24.1. The van der Waals surface area contributed by atoms with Crippen LogP contribution in [0.25, 0.3) is 77.6 Å². The Balaban J connectivity index is 1.27. The highest BCUT2D eigenvalue weighted by Gasteiger charge is 2.27. The molecule has 0 atom stereocenters. The Labute approximate surface area is 263 Å². The minimum Gasteiger partial charge on any atom is -0.309 e. The predicted molar refractivity (Wildman–Crippen MR) is 186 cm³/mol. The van der Waals surface area contributed by atoms with Crippen molar-refractivity contribution in [1.82, 2.24) is 19.1 Å². The van der Waals surface area contributed by atoms with Crippen molar-refractivity contribution in [3.8, 4) is 34.0 Å². The zero-order valence-corrected chi connectivity index (χ0v) is 24.9. The van der Waals surface area contributed by atoms with E-state index in [1.165, 1.54) is 59.1 Å². The number of hydrogen-bond donors (Lipinski definition) is 0. The molecule has 0 saturated heterocycles. The summed E-state index contributed by atoms with van der Waals surface area (Å²) in [6.07, 6.45) is 1.85. The molecule has 0 unspecified atom stereocenters. The highest BCUT2D eigenvalue weighted by atomic mass is 32.2. The van der Waals surface area contributed by atoms with Crippen LogP contribution in [0.2, 0.25) is 0 Å². The average Bonchev–Trinajstić information content (AvgIpc) is 3.63. The highest BCUT2D eigenvalue weighted by molar-refractivity contribution is 7.99. The van der Waals surface area contributed by atoms with Crippen LogP contribution in [-0.4, -0.2) is 19.1 Å². The lowest BCUT2D eigenvalue weighted by Crippen LogP contribution is -2.02. The fraction of sp³-hybridized carbons (Fsp3) is 0. The van der Waals surface area contributed by atoms with Gasteiger partial charge in [-0.1, -0.05) is 103 Å². The summed E-state index contributed by atoms with van der Waals surface area (Å²) >= 11 is 1.87. The van der Waals surface area contributed by atoms with Gasteiger partial charge in [0, 0.05) is 54.3 Å². The van der Waals surface area contributed by atoms with Gasteiger partial charge in [-0.25, -0.2) is 9.97 Å². The molecule has 4 heterocycles. The lowest BCUT2D eigenvalue weighted by molar-refractivity contribution is 1.09. The molecule has 210 valence electrons. The number of hydrogen-bond acceptors (Lipinski definition) is 3. The van der Waals surface area contributed by atoms with Gasteiger partial charge in [-0.15, -0.1) is 0 Å². The third kappa shape index (κ3) is 3.56. The summed E-state index contributed by atoms with van der Waals surface area (Å²) in [5.41, 5.74) is 10.2. The minimum absolute atomic E-state index is 0.727. The van der Waals surface area contributed by atoms with Crippen LogP contribution in [0.15, 0.2) is 156 Å². The van der Waals surface area contributed by atoms with Crippen molar-refractivity contribution in [3.63, 3.8) is 0 Å². The number of rotatable bonds is 3. The highest BCUT2D eigenvalue weighted by Crippen LogP contribution is 2.51. The Bertz CT molecular complexity index is 2630. The van der Waals surface area contributed by atoms with Gasteiger partial charge < -0.3 is 9.13 Å². The van der Waals surface area contributed by atoms with E-state index in [4.69, 9.17) is 4.98 Å². The number of para-hydroxylation sites is 3. The Hall–Kier alpha value is -5.65. The average molecular weight is 593 g/mol. The van der Waals surface area contributed by atoms with E-state index >= 15 is 0 Å². The van der Waals surface area contributed by atoms with Crippen LogP contribution in [0.4, 0.5) is 0 Å². The maximum atomic E-state index is 4.97. The molecule has 6 aromatic carbocycles. The van der Waals surface area contributed by atoms with Crippen molar-refractivity contribution in [1.29, 1.82) is 0 Å². The van der Waals surface area contributed by atoms with Crippen LogP contribution in [0.3, 0.4) is 0 Å². The second kappa shape index (κ2) is 9.42. The van der Waals surface area contributed by atoms with Crippen LogP contribution in [0.1, 0.15) is 0 Å². The molecule has 0 spiro atoms. The van der Waals surface area contributed by atoms with E-state index < -0.39 is 0 Å². The molecule has 1 aliphatic heterocycles. The summed E-state index contributed by atoms with van der Waals surface area (Å²) in [6, 6.07) is 49.7. The summed E-state index contributed by atoms with van der Waals surface area (Å²) in [5, 5.41) is 5.14. The standard InChI is InChI=1S/C40H24N4S/c1-2-11-25(12-3-1)40-41-22-21-30(42-40)26-13-10-14-27(23-26)43-31-17-6-4-15-28(31)37-34(43)24-36-39-38(37)29-16-5-7-18-32(29)44(39)33-19-8-9-20-35(33)45-36/h1-24H. The van der Waals surface area contributed by atoms with Crippen LogP contribution >= 0.6 is 11.8 Å². The van der Waals surface area contributed by atoms with Crippen LogP contribution < -0.4 is 0 Å². The van der Waals surface area contributed by atoms with E-state index in [0.717, 1.165) is 28.3 Å². The molecular formula is C40H24N4S. The normalized spacial score (nSPS) is 12.4. The van der Waals surface area contributed by atoms with Crippen molar-refractivity contribution in [2.24, 2.45) is 0 Å². The molecule has 0 bridgehead atoms. The maximum absolute atomic E-state index is 4.97. The first kappa shape index (κ1) is 24.8. The molecule has 0 radical (unpaired) electrons. The molecule has 1 aliphatic rings. The third-order valence-corrected chi connectivity index (χ3v) is 10.0. The molecule has 4 nitrogen and oxygen atoms in total. The van der Waals surface area contributed by atoms with Crippen molar-refractivity contribution >= 4 is 55.4 Å². The molecule has 0 amide bonds. The van der Waals surface area contributed by atoms with E-state index in [1.807, 2.05) is 54.4 Å². The first-order valence-corrected chi connectivity index (χ1v) is 15.9. The Morgan fingerprint density at radius 1 is 0.511 bits per heavy atom. The molecule has 0 N–H and O–H groups in total. The largest absolute Gasteiger partial charge is 0.309 e. The topological polar surface area (TPSA) is 35.6 Å². The lowest BCUT2D eigenvalue weighted by Gasteiger charge is -2.20. The van der Waals surface area contributed by atoms with Gasteiger partial charge in [0.1, 0.15) is 0 Å². The third-order valence-electron chi connectivity index (χ3n) is 8.95. The van der Waals surface area contributed by atoms with E-state index in [9.17, 15) is 0 Å². The van der Waals surface area contributed by atoms with Crippen molar-refractivity contribution in [2.75, 3.05) is 0 Å². The van der Waals surface area contributed by atoms with Gasteiger partial charge in [0.25, 0.3) is 0 Å². The quantitative estimate of drug-likeness (QED) is 0.205. The first-order chi connectivity index (χ1) is 22.3. The van der Waals surface area contributed by atoms with Gasteiger partial charge in [0.15, 0.2) is 5.82 Å². The summed E-state index contributed by atoms with van der Waals surface area (Å²) in [4.78, 5) is 12.1. The molecule has 0 saturated carbocycles. The molecule has 9 aromatic rings. The van der Waals surface area contributed by atoms with E-state index in [1.54, 1.807) is 0 Å². The van der Waals surface area contributed by atoms with Crippen LogP contribution in [-0.2, 0) is 0 Å². The van der Waals surface area contributed by atoms with Crippen molar-refractivity contribution in [3.05, 3.63) is 146 Å². The summed E-state index contributed by atoms with van der Waals surface area (Å²) < 4.78 is 4.90. The van der Waals surface area contributed by atoms with E-state index in [2.05, 4.69) is 117 Å². The summed E-state index contributed by atoms with van der Waals surface area (Å²) in [5.74, 6) is 0.727. The number of fused-ring (bicyclic) bond motifs is 9. The minimum atomic E-state index is 0.727. The van der Waals surface area contributed by atoms with Gasteiger partial charge in [0.05, 0.1) is 33.4 Å². The molecule has 5 heteroatoms. The van der Waals surface area contributed by atoms with Crippen molar-refractivity contribution < 1.29 is 0 Å². The zero-order chi connectivity index (χ0) is 29.5. The lowest BCUT2D eigenvalue weighted by atomic mass is 10.1.